The van der Waals surface area contributed by atoms with Crippen molar-refractivity contribution in [2.24, 2.45) is 11.7 Å². The predicted molar refractivity (Wildman–Crippen MR) is 61.5 cm³/mol. The average molecular weight is 273 g/mol. The van der Waals surface area contributed by atoms with E-state index in [1.165, 1.54) is 6.92 Å². The number of rotatable bonds is 2. The van der Waals surface area contributed by atoms with Crippen molar-refractivity contribution < 1.29 is 22.7 Å². The van der Waals surface area contributed by atoms with Crippen molar-refractivity contribution in [1.29, 1.82) is 0 Å². The van der Waals surface area contributed by atoms with E-state index < -0.39 is 35.1 Å². The van der Waals surface area contributed by atoms with Gasteiger partial charge in [-0.25, -0.2) is 13.2 Å². The molecule has 3 nitrogen and oxygen atoms in total. The van der Waals surface area contributed by atoms with Crippen LogP contribution in [0.25, 0.3) is 0 Å². The normalized spacial score (nSPS) is 30.6. The van der Waals surface area contributed by atoms with Crippen LogP contribution in [0.4, 0.5) is 13.2 Å². The number of benzene rings is 1. The van der Waals surface area contributed by atoms with Crippen LogP contribution in [0.15, 0.2) is 12.1 Å². The van der Waals surface area contributed by atoms with E-state index in [9.17, 15) is 18.0 Å². The third-order valence-corrected chi connectivity index (χ3v) is 3.78. The van der Waals surface area contributed by atoms with Crippen molar-refractivity contribution in [2.45, 2.75) is 32.0 Å². The van der Waals surface area contributed by atoms with Gasteiger partial charge in [-0.15, -0.1) is 0 Å². The summed E-state index contributed by atoms with van der Waals surface area (Å²) in [5.74, 6) is -5.01. The third-order valence-electron chi connectivity index (χ3n) is 3.78. The monoisotopic (exact) mass is 273 g/mol. The van der Waals surface area contributed by atoms with Crippen LogP contribution in [0.1, 0.15) is 25.8 Å². The number of ether oxygens (including phenoxy) is 1. The number of nitrogens with two attached hydrogens (primary N) is 1. The SMILES string of the molecule is CC1CC(C(N)=O)OC1(C)c1ccc(F)c(F)c1F. The van der Waals surface area contributed by atoms with Crippen molar-refractivity contribution in [3.8, 4) is 0 Å². The van der Waals surface area contributed by atoms with E-state index in [1.54, 1.807) is 6.92 Å². The van der Waals surface area contributed by atoms with E-state index in [4.69, 9.17) is 10.5 Å². The fraction of sp³-hybridized carbons (Fsp3) is 0.462. The van der Waals surface area contributed by atoms with Crippen LogP contribution in [-0.2, 0) is 15.1 Å². The Morgan fingerprint density at radius 1 is 1.37 bits per heavy atom. The van der Waals surface area contributed by atoms with Gasteiger partial charge in [0, 0.05) is 5.56 Å². The molecule has 1 heterocycles. The van der Waals surface area contributed by atoms with Gasteiger partial charge in [0.05, 0.1) is 5.60 Å². The molecule has 0 spiro atoms. The summed E-state index contributed by atoms with van der Waals surface area (Å²) in [6.45, 7) is 3.28. The van der Waals surface area contributed by atoms with E-state index in [0.717, 1.165) is 12.1 Å². The van der Waals surface area contributed by atoms with Gasteiger partial charge in [-0.1, -0.05) is 13.0 Å². The summed E-state index contributed by atoms with van der Waals surface area (Å²) in [6.07, 6.45) is -0.544. The molecular formula is C13H14F3NO2. The van der Waals surface area contributed by atoms with Gasteiger partial charge in [0.15, 0.2) is 17.5 Å². The highest BCUT2D eigenvalue weighted by molar-refractivity contribution is 5.79. The molecule has 0 aliphatic carbocycles. The van der Waals surface area contributed by atoms with Gasteiger partial charge in [0.1, 0.15) is 6.10 Å². The van der Waals surface area contributed by atoms with Gasteiger partial charge in [-0.2, -0.15) is 0 Å². The van der Waals surface area contributed by atoms with Gasteiger partial charge < -0.3 is 10.5 Å². The van der Waals surface area contributed by atoms with Gasteiger partial charge in [0.25, 0.3) is 0 Å². The molecule has 3 unspecified atom stereocenters. The second-order valence-corrected chi connectivity index (χ2v) is 4.98. The molecule has 0 aromatic heterocycles. The molecule has 6 heteroatoms. The smallest absolute Gasteiger partial charge is 0.246 e. The molecule has 2 rings (SSSR count). The predicted octanol–water partition coefficient (Wildman–Crippen LogP) is 2.23. The zero-order valence-corrected chi connectivity index (χ0v) is 10.5. The van der Waals surface area contributed by atoms with E-state index in [2.05, 4.69) is 0 Å². The zero-order chi connectivity index (χ0) is 14.4. The molecule has 1 fully saturated rings. The fourth-order valence-electron chi connectivity index (χ4n) is 2.42. The Morgan fingerprint density at radius 2 is 2.00 bits per heavy atom. The molecule has 1 aliphatic rings. The lowest BCUT2D eigenvalue weighted by Crippen LogP contribution is -2.33. The topological polar surface area (TPSA) is 52.3 Å². The summed E-state index contributed by atoms with van der Waals surface area (Å²) >= 11 is 0. The molecule has 0 bridgehead atoms. The Morgan fingerprint density at radius 3 is 2.53 bits per heavy atom. The summed E-state index contributed by atoms with van der Waals surface area (Å²) in [7, 11) is 0. The number of primary amides is 1. The van der Waals surface area contributed by atoms with Gasteiger partial charge in [-0.3, -0.25) is 4.79 Å². The quantitative estimate of drug-likeness (QED) is 0.840. The molecule has 2 N–H and O–H groups in total. The van der Waals surface area contributed by atoms with Crippen molar-refractivity contribution in [3.63, 3.8) is 0 Å². The standard InChI is InChI=1S/C13H14F3NO2/c1-6-5-9(12(17)18)19-13(6,2)7-3-4-8(14)11(16)10(7)15/h3-4,6,9H,5H2,1-2H3,(H2,17,18). The summed E-state index contributed by atoms with van der Waals surface area (Å²) in [6, 6.07) is 1.97. The minimum Gasteiger partial charge on any atom is -0.367 e. The lowest BCUT2D eigenvalue weighted by molar-refractivity contribution is -0.134. The van der Waals surface area contributed by atoms with E-state index in [-0.39, 0.29) is 11.5 Å². The maximum Gasteiger partial charge on any atom is 0.246 e. The van der Waals surface area contributed by atoms with Crippen LogP contribution < -0.4 is 5.73 Å². The highest BCUT2D eigenvalue weighted by Gasteiger charge is 2.47. The van der Waals surface area contributed by atoms with Crippen LogP contribution in [-0.4, -0.2) is 12.0 Å². The molecular weight excluding hydrogens is 259 g/mol. The van der Waals surface area contributed by atoms with Crippen LogP contribution in [0.3, 0.4) is 0 Å². The number of hydrogen-bond acceptors (Lipinski definition) is 2. The first kappa shape index (κ1) is 13.9. The molecule has 1 saturated heterocycles. The maximum atomic E-state index is 13.8. The van der Waals surface area contributed by atoms with Crippen molar-refractivity contribution in [1.82, 2.24) is 0 Å². The van der Waals surface area contributed by atoms with Gasteiger partial charge in [-0.05, 0) is 25.3 Å². The zero-order valence-electron chi connectivity index (χ0n) is 10.5. The molecule has 3 atom stereocenters. The van der Waals surface area contributed by atoms with Crippen LogP contribution >= 0.6 is 0 Å². The molecule has 1 aromatic rings. The summed E-state index contributed by atoms with van der Waals surface area (Å²) in [5.41, 5.74) is 3.84. The summed E-state index contributed by atoms with van der Waals surface area (Å²) < 4.78 is 45.6. The molecule has 0 radical (unpaired) electrons. The maximum absolute atomic E-state index is 13.8. The number of carbonyl (C=O) groups is 1. The van der Waals surface area contributed by atoms with Crippen LogP contribution in [0, 0.1) is 23.4 Å². The largest absolute Gasteiger partial charge is 0.367 e. The Balaban J connectivity index is 2.46. The van der Waals surface area contributed by atoms with E-state index >= 15 is 0 Å². The Bertz CT molecular complexity index is 535. The minimum atomic E-state index is -1.54. The number of halogens is 3. The average Bonchev–Trinajstić information content (AvgIpc) is 2.64. The Labute approximate surface area is 108 Å². The first-order chi connectivity index (χ1) is 8.77. The fourth-order valence-corrected chi connectivity index (χ4v) is 2.42. The molecule has 1 amide bonds. The van der Waals surface area contributed by atoms with Crippen molar-refractivity contribution >= 4 is 5.91 Å². The number of carbonyl (C=O) groups excluding carboxylic acids is 1. The highest BCUT2D eigenvalue weighted by Crippen LogP contribution is 2.44. The van der Waals surface area contributed by atoms with Crippen LogP contribution in [0.5, 0.6) is 0 Å². The molecule has 1 aromatic carbocycles. The van der Waals surface area contributed by atoms with Crippen molar-refractivity contribution in [2.75, 3.05) is 0 Å². The van der Waals surface area contributed by atoms with Gasteiger partial charge in [0.2, 0.25) is 5.91 Å². The molecule has 104 valence electrons. The lowest BCUT2D eigenvalue weighted by Gasteiger charge is -2.29. The molecule has 0 saturated carbocycles. The third kappa shape index (κ3) is 2.10. The first-order valence-corrected chi connectivity index (χ1v) is 5.88. The second kappa shape index (κ2) is 4.52. The van der Waals surface area contributed by atoms with E-state index in [1.807, 2.05) is 0 Å². The van der Waals surface area contributed by atoms with E-state index in [0.29, 0.717) is 6.42 Å². The molecule has 19 heavy (non-hydrogen) atoms. The summed E-state index contributed by atoms with van der Waals surface area (Å²) in [4.78, 5) is 11.1. The van der Waals surface area contributed by atoms with Crippen LogP contribution in [0.2, 0.25) is 0 Å². The van der Waals surface area contributed by atoms with Crippen molar-refractivity contribution in [3.05, 3.63) is 35.1 Å². The Hall–Kier alpha value is -1.56. The number of hydrogen-bond donors (Lipinski definition) is 1. The van der Waals surface area contributed by atoms with Gasteiger partial charge >= 0.3 is 0 Å². The minimum absolute atomic E-state index is 0.109. The number of amides is 1. The molecule has 1 aliphatic heterocycles. The second-order valence-electron chi connectivity index (χ2n) is 4.98. The summed E-state index contributed by atoms with van der Waals surface area (Å²) in [5, 5.41) is 0. The first-order valence-electron chi connectivity index (χ1n) is 5.88. The highest BCUT2D eigenvalue weighted by atomic mass is 19.2. The lowest BCUT2D eigenvalue weighted by atomic mass is 9.83. The Kier molecular flexibility index (Phi) is 3.30.